The Labute approximate surface area is 147 Å². The zero-order chi connectivity index (χ0) is 17.6. The van der Waals surface area contributed by atoms with Crippen molar-refractivity contribution in [3.05, 3.63) is 59.7 Å². The van der Waals surface area contributed by atoms with Crippen LogP contribution >= 0.6 is 0 Å². The Balaban J connectivity index is 1.54. The second-order valence-electron chi connectivity index (χ2n) is 5.96. The largest absolute Gasteiger partial charge is 0.494 e. The van der Waals surface area contributed by atoms with Gasteiger partial charge in [0.25, 0.3) is 5.91 Å². The Hall–Kier alpha value is -2.82. The Kier molecular flexibility index (Phi) is 5.33. The average Bonchev–Trinajstić information content (AvgIpc) is 2.96. The highest BCUT2D eigenvalue weighted by Crippen LogP contribution is 2.31. The Morgan fingerprint density at radius 2 is 2.00 bits per heavy atom. The topological polar surface area (TPSA) is 51.1 Å². The van der Waals surface area contributed by atoms with Crippen LogP contribution in [0.1, 0.15) is 25.0 Å². The predicted molar refractivity (Wildman–Crippen MR) is 98.3 cm³/mol. The second-order valence-corrected chi connectivity index (χ2v) is 5.96. The third-order valence-corrected chi connectivity index (χ3v) is 4.13. The van der Waals surface area contributed by atoms with Gasteiger partial charge in [-0.05, 0) is 61.7 Å². The minimum atomic E-state index is -0.0821. The highest BCUT2D eigenvalue weighted by Gasteiger charge is 2.30. The molecule has 1 aliphatic heterocycles. The number of benzene rings is 2. The summed E-state index contributed by atoms with van der Waals surface area (Å²) in [5.74, 6) is 0.735. The number of carbonyl (C=O) groups excluding carboxylic acids is 1. The number of hydrogen-bond acceptors (Lipinski definition) is 4. The number of rotatable bonds is 6. The number of fused-ring (bicyclic) bond motifs is 1. The minimum absolute atomic E-state index is 0.0772. The molecule has 1 atom stereocenters. The maximum absolute atomic E-state index is 12.5. The molecule has 25 heavy (non-hydrogen) atoms. The smallest absolute Gasteiger partial charge is 0.268 e. The zero-order valence-corrected chi connectivity index (χ0v) is 14.5. The van der Waals surface area contributed by atoms with E-state index in [9.17, 15) is 4.79 Å². The van der Waals surface area contributed by atoms with E-state index in [4.69, 9.17) is 9.57 Å². The van der Waals surface area contributed by atoms with E-state index in [1.54, 1.807) is 11.1 Å². The average molecular weight is 338 g/mol. The molecular formula is C20H22N2O3. The molecule has 0 aliphatic carbocycles. The van der Waals surface area contributed by atoms with Crippen molar-refractivity contribution < 1.29 is 14.4 Å². The highest BCUT2D eigenvalue weighted by atomic mass is 16.6. The van der Waals surface area contributed by atoms with Crippen molar-refractivity contribution in [2.24, 2.45) is 5.16 Å². The summed E-state index contributed by atoms with van der Waals surface area (Å²) in [6.45, 7) is 4.55. The molecule has 0 radical (unpaired) electrons. The summed E-state index contributed by atoms with van der Waals surface area (Å²) in [6.07, 6.45) is 2.46. The first-order chi connectivity index (χ1) is 12.2. The van der Waals surface area contributed by atoms with Gasteiger partial charge in [-0.2, -0.15) is 0 Å². The fourth-order valence-corrected chi connectivity index (χ4v) is 3.02. The molecule has 5 heteroatoms. The monoisotopic (exact) mass is 338 g/mol. The van der Waals surface area contributed by atoms with Gasteiger partial charge in [-0.15, -0.1) is 0 Å². The van der Waals surface area contributed by atoms with E-state index in [-0.39, 0.29) is 18.6 Å². The van der Waals surface area contributed by atoms with Crippen molar-refractivity contribution in [2.75, 3.05) is 18.1 Å². The van der Waals surface area contributed by atoms with Gasteiger partial charge >= 0.3 is 0 Å². The van der Waals surface area contributed by atoms with Crippen molar-refractivity contribution in [3.63, 3.8) is 0 Å². The lowest BCUT2D eigenvalue weighted by Crippen LogP contribution is -2.37. The molecule has 1 aliphatic rings. The first kappa shape index (κ1) is 17.0. The molecule has 130 valence electrons. The third kappa shape index (κ3) is 3.99. The van der Waals surface area contributed by atoms with Crippen LogP contribution < -0.4 is 9.64 Å². The maximum atomic E-state index is 12.5. The molecule has 3 rings (SSSR count). The SMILES string of the molecule is CCOc1ccc(/C=N\OCC(=O)N2c3ccccc3C[C@@H]2C)cc1. The van der Waals surface area contributed by atoms with Gasteiger partial charge in [0.2, 0.25) is 0 Å². The number of para-hydroxylation sites is 1. The van der Waals surface area contributed by atoms with Gasteiger partial charge in [0.05, 0.1) is 12.8 Å². The van der Waals surface area contributed by atoms with Gasteiger partial charge in [0.15, 0.2) is 6.61 Å². The van der Waals surface area contributed by atoms with E-state index < -0.39 is 0 Å². The fraction of sp³-hybridized carbons (Fsp3) is 0.300. The van der Waals surface area contributed by atoms with Crippen LogP contribution in [0, 0.1) is 0 Å². The number of amides is 1. The minimum Gasteiger partial charge on any atom is -0.494 e. The van der Waals surface area contributed by atoms with E-state index >= 15 is 0 Å². The first-order valence-electron chi connectivity index (χ1n) is 8.47. The number of hydrogen-bond donors (Lipinski definition) is 0. The quantitative estimate of drug-likeness (QED) is 0.599. The van der Waals surface area contributed by atoms with Gasteiger partial charge < -0.3 is 14.5 Å². The third-order valence-electron chi connectivity index (χ3n) is 4.13. The van der Waals surface area contributed by atoms with E-state index in [0.29, 0.717) is 6.61 Å². The van der Waals surface area contributed by atoms with Crippen LogP contribution in [0.2, 0.25) is 0 Å². The second kappa shape index (κ2) is 7.83. The molecule has 5 nitrogen and oxygen atoms in total. The summed E-state index contributed by atoms with van der Waals surface area (Å²) >= 11 is 0. The molecule has 0 bridgehead atoms. The normalized spacial score (nSPS) is 16.1. The molecule has 0 spiro atoms. The van der Waals surface area contributed by atoms with Crippen LogP contribution in [0.25, 0.3) is 0 Å². The number of oxime groups is 1. The molecule has 0 unspecified atom stereocenters. The highest BCUT2D eigenvalue weighted by molar-refractivity contribution is 5.97. The zero-order valence-electron chi connectivity index (χ0n) is 14.5. The molecule has 0 saturated heterocycles. The van der Waals surface area contributed by atoms with Crippen LogP contribution in [0.3, 0.4) is 0 Å². The summed E-state index contributed by atoms with van der Waals surface area (Å²) in [5, 5.41) is 3.90. The fourth-order valence-electron chi connectivity index (χ4n) is 3.02. The molecule has 2 aromatic carbocycles. The van der Waals surface area contributed by atoms with Crippen LogP contribution in [0.4, 0.5) is 5.69 Å². The number of ether oxygens (including phenoxy) is 1. The van der Waals surface area contributed by atoms with E-state index in [1.165, 1.54) is 5.56 Å². The Bertz CT molecular complexity index is 756. The summed E-state index contributed by atoms with van der Waals surface area (Å²) in [5.41, 5.74) is 3.05. The van der Waals surface area contributed by atoms with Gasteiger partial charge in [-0.1, -0.05) is 23.4 Å². The van der Waals surface area contributed by atoms with Crippen LogP contribution in [-0.2, 0) is 16.1 Å². The molecule has 0 aromatic heterocycles. The van der Waals surface area contributed by atoms with Crippen LogP contribution in [0.5, 0.6) is 5.75 Å². The van der Waals surface area contributed by atoms with Gasteiger partial charge in [0.1, 0.15) is 5.75 Å². The molecule has 0 N–H and O–H groups in total. The molecule has 0 fully saturated rings. The van der Waals surface area contributed by atoms with Crippen molar-refractivity contribution in [1.82, 2.24) is 0 Å². The first-order valence-corrected chi connectivity index (χ1v) is 8.47. The molecule has 0 saturated carbocycles. The molecule has 1 heterocycles. The molecule has 2 aromatic rings. The van der Waals surface area contributed by atoms with Crippen molar-refractivity contribution in [3.8, 4) is 5.75 Å². The lowest BCUT2D eigenvalue weighted by atomic mass is 10.1. The summed E-state index contributed by atoms with van der Waals surface area (Å²) in [6, 6.07) is 15.6. The van der Waals surface area contributed by atoms with Crippen LogP contribution in [0.15, 0.2) is 53.7 Å². The lowest BCUT2D eigenvalue weighted by Gasteiger charge is -2.21. The molecule has 1 amide bonds. The predicted octanol–water partition coefficient (Wildman–Crippen LogP) is 3.41. The van der Waals surface area contributed by atoms with Gasteiger partial charge in [-0.25, -0.2) is 0 Å². The van der Waals surface area contributed by atoms with Crippen LogP contribution in [-0.4, -0.2) is 31.4 Å². The summed E-state index contributed by atoms with van der Waals surface area (Å²) in [4.78, 5) is 19.5. The number of carbonyl (C=O) groups is 1. The summed E-state index contributed by atoms with van der Waals surface area (Å²) in [7, 11) is 0. The van der Waals surface area contributed by atoms with E-state index in [0.717, 1.165) is 23.4 Å². The van der Waals surface area contributed by atoms with Crippen molar-refractivity contribution in [1.29, 1.82) is 0 Å². The lowest BCUT2D eigenvalue weighted by molar-refractivity contribution is -0.123. The Morgan fingerprint density at radius 1 is 1.24 bits per heavy atom. The maximum Gasteiger partial charge on any atom is 0.268 e. The van der Waals surface area contributed by atoms with Crippen molar-refractivity contribution >= 4 is 17.8 Å². The van der Waals surface area contributed by atoms with Gasteiger partial charge in [-0.3, -0.25) is 4.79 Å². The van der Waals surface area contributed by atoms with Gasteiger partial charge in [0, 0.05) is 11.7 Å². The number of nitrogens with zero attached hydrogens (tertiary/aromatic N) is 2. The van der Waals surface area contributed by atoms with E-state index in [1.807, 2.05) is 56.3 Å². The molecular weight excluding hydrogens is 316 g/mol. The standard InChI is InChI=1S/C20H22N2O3/c1-3-24-18-10-8-16(9-11-18)13-21-25-14-20(23)22-15(2)12-17-6-4-5-7-19(17)22/h4-11,13,15H,3,12,14H2,1-2H3/b21-13-/t15-/m0/s1. The van der Waals surface area contributed by atoms with Crippen molar-refractivity contribution in [2.45, 2.75) is 26.3 Å². The van der Waals surface area contributed by atoms with E-state index in [2.05, 4.69) is 11.2 Å². The number of anilines is 1. The Morgan fingerprint density at radius 3 is 2.76 bits per heavy atom. The summed E-state index contributed by atoms with van der Waals surface area (Å²) < 4.78 is 5.39.